The van der Waals surface area contributed by atoms with Crippen molar-refractivity contribution in [3.63, 3.8) is 0 Å². The molecule has 0 aromatic heterocycles. The van der Waals surface area contributed by atoms with Crippen LogP contribution >= 0.6 is 0 Å². The molecule has 0 saturated heterocycles. The van der Waals surface area contributed by atoms with E-state index in [2.05, 4.69) is 5.32 Å². The first-order chi connectivity index (χ1) is 8.31. The Morgan fingerprint density at radius 1 is 1.28 bits per heavy atom. The highest BCUT2D eigenvalue weighted by molar-refractivity contribution is 5.64. The summed E-state index contributed by atoms with van der Waals surface area (Å²) in [7, 11) is 0. The minimum Gasteiger partial charge on any atom is -0.481 e. The molecule has 0 aliphatic heterocycles. The van der Waals surface area contributed by atoms with Crippen molar-refractivity contribution < 1.29 is 19.8 Å². The Labute approximate surface area is 108 Å². The van der Waals surface area contributed by atoms with E-state index in [1.165, 1.54) is 0 Å². The summed E-state index contributed by atoms with van der Waals surface area (Å²) in [4.78, 5) is 19.4. The molecule has 1 rings (SSSR count). The maximum Gasteiger partial charge on any atom is 0.404 e. The van der Waals surface area contributed by atoms with Gasteiger partial charge in [-0.25, -0.2) is 4.79 Å². The van der Waals surface area contributed by atoms with Crippen LogP contribution in [-0.4, -0.2) is 34.4 Å². The highest BCUT2D eigenvalue weighted by Gasteiger charge is 2.22. The first kappa shape index (κ1) is 16.7. The van der Waals surface area contributed by atoms with Gasteiger partial charge in [-0.05, 0) is 44.9 Å². The fourth-order valence-electron chi connectivity index (χ4n) is 2.24. The van der Waals surface area contributed by atoms with Crippen LogP contribution in [0.25, 0.3) is 0 Å². The largest absolute Gasteiger partial charge is 0.481 e. The molecular formula is C12H24N2O4. The highest BCUT2D eigenvalue weighted by Crippen LogP contribution is 2.27. The summed E-state index contributed by atoms with van der Waals surface area (Å²) in [6.07, 6.45) is 4.30. The van der Waals surface area contributed by atoms with Gasteiger partial charge in [0, 0.05) is 19.0 Å². The van der Waals surface area contributed by atoms with Crippen LogP contribution in [-0.2, 0) is 4.79 Å². The monoisotopic (exact) mass is 260 g/mol. The average molecular weight is 260 g/mol. The summed E-state index contributed by atoms with van der Waals surface area (Å²) in [6.45, 7) is 3.11. The Morgan fingerprint density at radius 3 is 2.06 bits per heavy atom. The molecule has 5 N–H and O–H groups in total. The van der Waals surface area contributed by atoms with E-state index in [1.807, 2.05) is 6.92 Å². The van der Waals surface area contributed by atoms with Gasteiger partial charge in [0.15, 0.2) is 0 Å². The van der Waals surface area contributed by atoms with E-state index in [4.69, 9.17) is 20.7 Å². The van der Waals surface area contributed by atoms with Gasteiger partial charge in [-0.1, -0.05) is 0 Å². The summed E-state index contributed by atoms with van der Waals surface area (Å²) in [5.41, 5.74) is 5.73. The number of carboxylic acid groups (broad SMARTS) is 2. The lowest BCUT2D eigenvalue weighted by Crippen LogP contribution is -2.37. The Morgan fingerprint density at radius 2 is 1.72 bits per heavy atom. The van der Waals surface area contributed by atoms with Crippen LogP contribution in [0.3, 0.4) is 0 Å². The minimum atomic E-state index is -0.902. The molecule has 1 atom stereocenters. The molecule has 0 aromatic rings. The molecule has 0 aromatic carbocycles. The van der Waals surface area contributed by atoms with Crippen LogP contribution in [0.1, 0.15) is 46.0 Å². The normalized spacial score (nSPS) is 24.4. The number of aliphatic carboxylic acids is 1. The van der Waals surface area contributed by atoms with Gasteiger partial charge in [-0.2, -0.15) is 0 Å². The minimum absolute atomic E-state index is 0.164. The number of nitrogens with two attached hydrogens (primary N) is 1. The molecule has 1 unspecified atom stereocenters. The van der Waals surface area contributed by atoms with Crippen LogP contribution in [0.15, 0.2) is 0 Å². The van der Waals surface area contributed by atoms with Gasteiger partial charge in [0.25, 0.3) is 5.97 Å². The molecule has 6 heteroatoms. The lowest BCUT2D eigenvalue weighted by molar-refractivity contribution is -0.134. The average Bonchev–Trinajstić information content (AvgIpc) is 2.18. The van der Waals surface area contributed by atoms with Crippen molar-refractivity contribution in [1.82, 2.24) is 5.32 Å². The predicted molar refractivity (Wildman–Crippen MR) is 68.5 cm³/mol. The second-order valence-electron chi connectivity index (χ2n) is 4.90. The van der Waals surface area contributed by atoms with Gasteiger partial charge in [-0.15, -0.1) is 0 Å². The molecule has 1 saturated carbocycles. The van der Waals surface area contributed by atoms with Gasteiger partial charge in [0.2, 0.25) is 0 Å². The zero-order valence-corrected chi connectivity index (χ0v) is 11.1. The third kappa shape index (κ3) is 9.89. The summed E-state index contributed by atoms with van der Waals surface area (Å²) < 4.78 is 0. The second kappa shape index (κ2) is 8.74. The topological polar surface area (TPSA) is 113 Å². The maximum absolute atomic E-state index is 10.4. The zero-order valence-electron chi connectivity index (χ0n) is 11.1. The van der Waals surface area contributed by atoms with Gasteiger partial charge in [0.05, 0.1) is 0 Å². The maximum atomic E-state index is 10.4. The second-order valence-corrected chi connectivity index (χ2v) is 4.90. The fourth-order valence-corrected chi connectivity index (χ4v) is 2.24. The van der Waals surface area contributed by atoms with Crippen molar-refractivity contribution in [2.45, 2.75) is 58.0 Å². The van der Waals surface area contributed by atoms with Gasteiger partial charge in [0.1, 0.15) is 0 Å². The number of hydrogen-bond acceptors (Lipinski definition) is 3. The first-order valence-corrected chi connectivity index (χ1v) is 6.25. The molecule has 1 aliphatic carbocycles. The fraction of sp³-hybridized carbons (Fsp3) is 0.833. The smallest absolute Gasteiger partial charge is 0.404 e. The van der Waals surface area contributed by atoms with Crippen LogP contribution in [0, 0.1) is 5.92 Å². The Balaban J connectivity index is 0.000000631. The van der Waals surface area contributed by atoms with Crippen molar-refractivity contribution >= 4 is 12.1 Å². The number of hydrogen-bond donors (Lipinski definition) is 4. The molecule has 18 heavy (non-hydrogen) atoms. The number of amides is 1. The Kier molecular flexibility index (Phi) is 8.11. The van der Waals surface area contributed by atoms with E-state index in [1.54, 1.807) is 0 Å². The molecule has 0 spiro atoms. The third-order valence-corrected chi connectivity index (χ3v) is 2.88. The zero-order chi connectivity index (χ0) is 14.1. The van der Waals surface area contributed by atoms with Crippen molar-refractivity contribution in [3.8, 4) is 0 Å². The SMILES string of the molecule is CC(=O)O.CC(N)CC1CCC(NC(=O)O)CC1. The van der Waals surface area contributed by atoms with E-state index in [0.717, 1.165) is 39.0 Å². The van der Waals surface area contributed by atoms with Crippen LogP contribution in [0.4, 0.5) is 4.79 Å². The molecule has 106 valence electrons. The molecule has 1 fully saturated rings. The Hall–Kier alpha value is -1.30. The Bertz CT molecular complexity index is 257. The molecule has 0 radical (unpaired) electrons. The molecular weight excluding hydrogens is 236 g/mol. The lowest BCUT2D eigenvalue weighted by Gasteiger charge is -2.29. The number of rotatable bonds is 3. The molecule has 1 amide bonds. The number of carboxylic acids is 1. The molecule has 6 nitrogen and oxygen atoms in total. The van der Waals surface area contributed by atoms with E-state index >= 15 is 0 Å². The number of nitrogens with one attached hydrogen (secondary N) is 1. The standard InChI is InChI=1S/C10H20N2O2.C2H4O2/c1-7(11)6-8-2-4-9(5-3-8)12-10(13)14;1-2(3)4/h7-9,12H,2-6,11H2,1H3,(H,13,14);1H3,(H,3,4). The number of carbonyl (C=O) groups is 2. The predicted octanol–water partition coefficient (Wildman–Crippen LogP) is 1.64. The lowest BCUT2D eigenvalue weighted by atomic mass is 9.83. The van der Waals surface area contributed by atoms with Crippen molar-refractivity contribution in [2.75, 3.05) is 0 Å². The highest BCUT2D eigenvalue weighted by atomic mass is 16.4. The summed E-state index contributed by atoms with van der Waals surface area (Å²) in [5.74, 6) is -0.137. The van der Waals surface area contributed by atoms with E-state index in [9.17, 15) is 4.79 Å². The van der Waals surface area contributed by atoms with Crippen molar-refractivity contribution in [3.05, 3.63) is 0 Å². The molecule has 0 heterocycles. The quantitative estimate of drug-likeness (QED) is 0.616. The van der Waals surface area contributed by atoms with Gasteiger partial charge < -0.3 is 21.3 Å². The van der Waals surface area contributed by atoms with Crippen LogP contribution in [0.2, 0.25) is 0 Å². The van der Waals surface area contributed by atoms with Gasteiger partial charge >= 0.3 is 6.09 Å². The van der Waals surface area contributed by atoms with Crippen molar-refractivity contribution in [2.24, 2.45) is 11.7 Å². The van der Waals surface area contributed by atoms with E-state index < -0.39 is 12.1 Å². The first-order valence-electron chi connectivity index (χ1n) is 6.25. The van der Waals surface area contributed by atoms with E-state index in [-0.39, 0.29) is 12.1 Å². The summed E-state index contributed by atoms with van der Waals surface area (Å²) >= 11 is 0. The molecule has 1 aliphatic rings. The third-order valence-electron chi connectivity index (χ3n) is 2.88. The molecule has 0 bridgehead atoms. The summed E-state index contributed by atoms with van der Waals surface area (Å²) in [6, 6.07) is 0.431. The van der Waals surface area contributed by atoms with Crippen LogP contribution in [0.5, 0.6) is 0 Å². The van der Waals surface area contributed by atoms with Gasteiger partial charge in [-0.3, -0.25) is 4.79 Å². The van der Waals surface area contributed by atoms with Crippen LogP contribution < -0.4 is 11.1 Å². The summed E-state index contributed by atoms with van der Waals surface area (Å²) in [5, 5.41) is 18.5. The van der Waals surface area contributed by atoms with Crippen molar-refractivity contribution in [1.29, 1.82) is 0 Å². The van der Waals surface area contributed by atoms with E-state index in [0.29, 0.717) is 5.92 Å².